The molecule has 0 saturated carbocycles. The molecule has 240 valence electrons. The van der Waals surface area contributed by atoms with E-state index in [4.69, 9.17) is 19.2 Å². The second-order valence-electron chi connectivity index (χ2n) is 12.2. The Hall–Kier alpha value is -3.82. The summed E-state index contributed by atoms with van der Waals surface area (Å²) in [7, 11) is 8.85. The Morgan fingerprint density at radius 3 is 2.18 bits per heavy atom. The van der Waals surface area contributed by atoms with Crippen LogP contribution in [0.1, 0.15) is 52.7 Å². The number of aryl methyl sites for hydroxylation is 2. The van der Waals surface area contributed by atoms with Gasteiger partial charge in [0.15, 0.2) is 16.7 Å². The molecule has 1 aromatic heterocycles. The van der Waals surface area contributed by atoms with E-state index in [1.54, 1.807) is 43.7 Å². The molecule has 0 atom stereocenters. The van der Waals surface area contributed by atoms with Gasteiger partial charge in [0.05, 0.1) is 47.4 Å². The van der Waals surface area contributed by atoms with Crippen molar-refractivity contribution in [2.45, 2.75) is 57.0 Å². The van der Waals surface area contributed by atoms with Gasteiger partial charge in [-0.25, -0.2) is 4.98 Å². The largest absolute Gasteiger partial charge is 0.493 e. The van der Waals surface area contributed by atoms with Crippen LogP contribution in [-0.4, -0.2) is 68.3 Å². The molecule has 4 rings (SSSR count). The minimum atomic E-state index is -0.126. The van der Waals surface area contributed by atoms with E-state index < -0.39 is 0 Å². The third-order valence-corrected chi connectivity index (χ3v) is 8.98. The van der Waals surface area contributed by atoms with E-state index >= 15 is 0 Å². The average molecular weight is 633 g/mol. The quantitative estimate of drug-likeness (QED) is 0.0440. The third-order valence-electron chi connectivity index (χ3n) is 7.93. The zero-order valence-electron chi connectivity index (χ0n) is 27.6. The maximum Gasteiger partial charge on any atom is 0.262 e. The number of likely N-dealkylation sites (N-methyl/N-ethyl adjacent to an activating group) is 1. The van der Waals surface area contributed by atoms with Gasteiger partial charge in [-0.2, -0.15) is 0 Å². The van der Waals surface area contributed by atoms with Gasteiger partial charge in [0.25, 0.3) is 5.56 Å². The summed E-state index contributed by atoms with van der Waals surface area (Å²) in [6.07, 6.45) is 3.82. The lowest BCUT2D eigenvalue weighted by Gasteiger charge is -2.29. The number of ether oxygens (including phenoxy) is 3. The summed E-state index contributed by atoms with van der Waals surface area (Å²) in [5.41, 5.74) is 4.70. The van der Waals surface area contributed by atoms with Gasteiger partial charge >= 0.3 is 0 Å². The molecule has 45 heavy (non-hydrogen) atoms. The topological polar surface area (TPSA) is 79.7 Å². The van der Waals surface area contributed by atoms with Crippen molar-refractivity contribution < 1.29 is 23.5 Å². The molecular formula is C36H46N3O5S+. The maximum absolute atomic E-state index is 14.0. The SMILES string of the molecule is COc1cc2c(=O)n(CCCCCC[N+](C)(C)CC(=O)c3ccccc3)c(SCc3cc(C)cc(C)c3)nc2c(OC)c1OC. The van der Waals surface area contributed by atoms with E-state index in [1.165, 1.54) is 16.7 Å². The summed E-state index contributed by atoms with van der Waals surface area (Å²) >= 11 is 1.55. The van der Waals surface area contributed by atoms with Crippen molar-refractivity contribution in [3.8, 4) is 17.2 Å². The molecule has 0 aliphatic heterocycles. The van der Waals surface area contributed by atoms with E-state index in [0.717, 1.165) is 37.8 Å². The van der Waals surface area contributed by atoms with Crippen LogP contribution in [0.25, 0.3) is 10.9 Å². The highest BCUT2D eigenvalue weighted by Crippen LogP contribution is 2.42. The van der Waals surface area contributed by atoms with Gasteiger partial charge in [-0.05, 0) is 44.7 Å². The van der Waals surface area contributed by atoms with E-state index in [-0.39, 0.29) is 11.3 Å². The molecule has 0 unspecified atom stereocenters. The molecule has 0 spiro atoms. The van der Waals surface area contributed by atoms with Crippen molar-refractivity contribution in [3.63, 3.8) is 0 Å². The van der Waals surface area contributed by atoms with Crippen LogP contribution in [0, 0.1) is 13.8 Å². The van der Waals surface area contributed by atoms with Gasteiger partial charge in [0.1, 0.15) is 12.1 Å². The molecule has 1 heterocycles. The zero-order valence-corrected chi connectivity index (χ0v) is 28.5. The summed E-state index contributed by atoms with van der Waals surface area (Å²) in [5, 5.41) is 1.08. The number of Topliss-reactive ketones (excluding diaryl/α,β-unsaturated/α-hetero) is 1. The van der Waals surface area contributed by atoms with Crippen molar-refractivity contribution in [1.29, 1.82) is 0 Å². The number of nitrogens with zero attached hydrogens (tertiary/aromatic N) is 3. The number of rotatable bonds is 16. The normalized spacial score (nSPS) is 11.5. The van der Waals surface area contributed by atoms with Gasteiger partial charge in [0, 0.05) is 17.9 Å². The van der Waals surface area contributed by atoms with E-state index in [1.807, 2.05) is 30.3 Å². The number of fused-ring (bicyclic) bond motifs is 1. The first kappa shape index (κ1) is 34.1. The van der Waals surface area contributed by atoms with Crippen molar-refractivity contribution in [3.05, 3.63) is 87.2 Å². The molecule has 9 heteroatoms. The first-order chi connectivity index (χ1) is 21.6. The minimum absolute atomic E-state index is 0.126. The lowest BCUT2D eigenvalue weighted by molar-refractivity contribution is -0.882. The monoisotopic (exact) mass is 632 g/mol. The molecule has 8 nitrogen and oxygen atoms in total. The van der Waals surface area contributed by atoms with Gasteiger partial charge in [-0.1, -0.05) is 77.8 Å². The number of benzene rings is 3. The number of methoxy groups -OCH3 is 3. The number of carbonyl (C=O) groups is 1. The zero-order chi connectivity index (χ0) is 32.6. The Kier molecular flexibility index (Phi) is 11.7. The molecule has 0 radical (unpaired) electrons. The molecule has 0 bridgehead atoms. The number of hydrogen-bond donors (Lipinski definition) is 0. The predicted octanol–water partition coefficient (Wildman–Crippen LogP) is 6.85. The first-order valence-electron chi connectivity index (χ1n) is 15.4. The maximum atomic E-state index is 14.0. The molecule has 0 saturated heterocycles. The third kappa shape index (κ3) is 8.67. The lowest BCUT2D eigenvalue weighted by atomic mass is 10.1. The molecule has 4 aromatic rings. The van der Waals surface area contributed by atoms with E-state index in [9.17, 15) is 9.59 Å². The van der Waals surface area contributed by atoms with E-state index in [0.29, 0.717) is 56.6 Å². The highest BCUT2D eigenvalue weighted by atomic mass is 32.2. The standard InChI is InChI=1S/C36H46N3O5S/c1-25-19-26(2)21-27(20-25)24-45-36-37-32-29(22-31(42-5)33(43-6)34(32)44-7)35(41)38(36)17-13-8-9-14-18-39(3,4)23-30(40)28-15-11-10-12-16-28/h10-12,15-16,19-22H,8-9,13-14,17-18,23-24H2,1-7H3/q+1. The number of ketones is 1. The number of hydrogen-bond acceptors (Lipinski definition) is 7. The molecule has 3 aromatic carbocycles. The highest BCUT2D eigenvalue weighted by Gasteiger charge is 2.23. The predicted molar refractivity (Wildman–Crippen MR) is 182 cm³/mol. The Morgan fingerprint density at radius 2 is 1.53 bits per heavy atom. The fourth-order valence-electron chi connectivity index (χ4n) is 5.76. The summed E-state index contributed by atoms with van der Waals surface area (Å²) in [6.45, 7) is 6.13. The molecular weight excluding hydrogens is 586 g/mol. The summed E-state index contributed by atoms with van der Waals surface area (Å²) in [6, 6.07) is 17.7. The van der Waals surface area contributed by atoms with Crippen molar-refractivity contribution in [2.75, 3.05) is 48.5 Å². The van der Waals surface area contributed by atoms with Crippen LogP contribution in [0.3, 0.4) is 0 Å². The van der Waals surface area contributed by atoms with Crippen LogP contribution >= 0.6 is 11.8 Å². The van der Waals surface area contributed by atoms with Crippen LogP contribution in [0.5, 0.6) is 17.2 Å². The van der Waals surface area contributed by atoms with E-state index in [2.05, 4.69) is 46.1 Å². The smallest absolute Gasteiger partial charge is 0.262 e. The lowest BCUT2D eigenvalue weighted by Crippen LogP contribution is -2.44. The Bertz CT molecular complexity index is 1660. The number of aromatic nitrogens is 2. The summed E-state index contributed by atoms with van der Waals surface area (Å²) < 4.78 is 19.2. The molecule has 0 N–H and O–H groups in total. The van der Waals surface area contributed by atoms with Gasteiger partial charge in [-0.15, -0.1) is 0 Å². The summed E-state index contributed by atoms with van der Waals surface area (Å²) in [5.74, 6) is 2.07. The Labute approximate surface area is 270 Å². The Balaban J connectivity index is 1.49. The number of carbonyl (C=O) groups excluding carboxylic acids is 1. The van der Waals surface area contributed by atoms with Crippen LogP contribution in [0.4, 0.5) is 0 Å². The van der Waals surface area contributed by atoms with Gasteiger partial charge < -0.3 is 18.7 Å². The van der Waals surface area contributed by atoms with Crippen molar-refractivity contribution in [2.24, 2.45) is 0 Å². The van der Waals surface area contributed by atoms with Crippen LogP contribution in [0.15, 0.2) is 64.5 Å². The molecule has 0 amide bonds. The van der Waals surface area contributed by atoms with Crippen LogP contribution < -0.4 is 19.8 Å². The second kappa shape index (κ2) is 15.5. The van der Waals surface area contributed by atoms with Gasteiger partial charge in [-0.3, -0.25) is 14.2 Å². The Morgan fingerprint density at radius 1 is 0.867 bits per heavy atom. The second-order valence-corrected chi connectivity index (χ2v) is 13.1. The van der Waals surface area contributed by atoms with Crippen molar-refractivity contribution >= 4 is 28.4 Å². The average Bonchev–Trinajstić information content (AvgIpc) is 3.01. The highest BCUT2D eigenvalue weighted by molar-refractivity contribution is 7.98. The fourth-order valence-corrected chi connectivity index (χ4v) is 6.71. The van der Waals surface area contributed by atoms with Gasteiger partial charge in [0.2, 0.25) is 11.5 Å². The molecule has 0 aliphatic rings. The number of thioether (sulfide) groups is 1. The minimum Gasteiger partial charge on any atom is -0.493 e. The number of unbranched alkanes of at least 4 members (excludes halogenated alkanes) is 3. The van der Waals surface area contributed by atoms with Crippen LogP contribution in [-0.2, 0) is 12.3 Å². The summed E-state index contributed by atoms with van der Waals surface area (Å²) in [4.78, 5) is 31.7. The van der Waals surface area contributed by atoms with Crippen LogP contribution in [0.2, 0.25) is 0 Å². The molecule has 0 aliphatic carbocycles. The fraction of sp³-hybridized carbons (Fsp3) is 0.417. The molecule has 0 fully saturated rings. The van der Waals surface area contributed by atoms with Crippen molar-refractivity contribution in [1.82, 2.24) is 9.55 Å². The first-order valence-corrected chi connectivity index (χ1v) is 16.4. The number of quaternary nitrogens is 1.